The lowest BCUT2D eigenvalue weighted by Gasteiger charge is -2.23. The number of nitrogens with one attached hydrogen (secondary N) is 1. The zero-order valence-corrected chi connectivity index (χ0v) is 16.0. The maximum absolute atomic E-state index is 3.58. The lowest BCUT2D eigenvalue weighted by atomic mass is 10.1. The van der Waals surface area contributed by atoms with Crippen LogP contribution in [0.2, 0.25) is 0 Å². The highest BCUT2D eigenvalue weighted by Gasteiger charge is 2.05. The second kappa shape index (κ2) is 12.3. The van der Waals surface area contributed by atoms with Gasteiger partial charge in [-0.3, -0.25) is 0 Å². The first-order valence-electron chi connectivity index (χ1n) is 9.82. The molecule has 1 aromatic rings. The van der Waals surface area contributed by atoms with E-state index in [-0.39, 0.29) is 0 Å². The van der Waals surface area contributed by atoms with Crippen LogP contribution in [-0.2, 0) is 0 Å². The molecule has 0 spiro atoms. The predicted molar refractivity (Wildman–Crippen MR) is 106 cm³/mol. The van der Waals surface area contributed by atoms with Crippen LogP contribution in [0.25, 0.3) is 0 Å². The van der Waals surface area contributed by atoms with E-state index in [4.69, 9.17) is 0 Å². The van der Waals surface area contributed by atoms with Crippen molar-refractivity contribution in [2.24, 2.45) is 0 Å². The summed E-state index contributed by atoms with van der Waals surface area (Å²) in [6, 6.07) is 6.78. The standard InChI is InChI=1S/C21H38N2/c1-5-8-9-10-11-12-13-14-17-22-20-15-16-21(19(4)18-20)23(6-2)7-3/h15-16,18,22H,5-14,17H2,1-4H3. The Hall–Kier alpha value is -1.18. The molecule has 0 aliphatic carbocycles. The Labute approximate surface area is 144 Å². The molecule has 0 saturated carbocycles. The van der Waals surface area contributed by atoms with Gasteiger partial charge in [-0.2, -0.15) is 0 Å². The zero-order valence-electron chi connectivity index (χ0n) is 16.0. The van der Waals surface area contributed by atoms with Crippen molar-refractivity contribution in [3.8, 4) is 0 Å². The zero-order chi connectivity index (χ0) is 16.9. The van der Waals surface area contributed by atoms with E-state index in [1.165, 1.54) is 68.3 Å². The molecule has 23 heavy (non-hydrogen) atoms. The van der Waals surface area contributed by atoms with Crippen molar-refractivity contribution in [2.45, 2.75) is 79.1 Å². The average molecular weight is 319 g/mol. The molecule has 0 amide bonds. The van der Waals surface area contributed by atoms with Gasteiger partial charge in [-0.05, 0) is 51.0 Å². The minimum atomic E-state index is 1.07. The van der Waals surface area contributed by atoms with Crippen LogP contribution in [0.1, 0.15) is 77.7 Å². The fourth-order valence-corrected chi connectivity index (χ4v) is 3.18. The van der Waals surface area contributed by atoms with E-state index < -0.39 is 0 Å². The van der Waals surface area contributed by atoms with E-state index >= 15 is 0 Å². The van der Waals surface area contributed by atoms with Crippen LogP contribution in [-0.4, -0.2) is 19.6 Å². The molecule has 0 aliphatic heterocycles. The summed E-state index contributed by atoms with van der Waals surface area (Å²) in [5, 5.41) is 3.58. The number of aryl methyl sites for hydroxylation is 1. The molecule has 2 heteroatoms. The van der Waals surface area contributed by atoms with Gasteiger partial charge in [0.2, 0.25) is 0 Å². The van der Waals surface area contributed by atoms with Gasteiger partial charge in [0, 0.05) is 31.0 Å². The Bertz CT molecular complexity index is 410. The van der Waals surface area contributed by atoms with E-state index in [1.54, 1.807) is 0 Å². The molecule has 1 aromatic carbocycles. The smallest absolute Gasteiger partial charge is 0.0397 e. The van der Waals surface area contributed by atoms with Gasteiger partial charge in [0.05, 0.1) is 0 Å². The Kier molecular flexibility index (Phi) is 10.6. The molecule has 0 heterocycles. The third-order valence-corrected chi connectivity index (χ3v) is 4.66. The molecule has 0 unspecified atom stereocenters. The molecule has 0 radical (unpaired) electrons. The number of nitrogens with zero attached hydrogens (tertiary/aromatic N) is 1. The van der Waals surface area contributed by atoms with Gasteiger partial charge in [0.15, 0.2) is 0 Å². The fraction of sp³-hybridized carbons (Fsp3) is 0.714. The van der Waals surface area contributed by atoms with Gasteiger partial charge >= 0.3 is 0 Å². The molecule has 1 N–H and O–H groups in total. The average Bonchev–Trinajstić information content (AvgIpc) is 2.56. The first-order valence-corrected chi connectivity index (χ1v) is 9.82. The molecule has 0 bridgehead atoms. The van der Waals surface area contributed by atoms with Crippen LogP contribution in [0.15, 0.2) is 18.2 Å². The van der Waals surface area contributed by atoms with Gasteiger partial charge < -0.3 is 10.2 Å². The van der Waals surface area contributed by atoms with Crippen molar-refractivity contribution in [1.29, 1.82) is 0 Å². The van der Waals surface area contributed by atoms with Crippen molar-refractivity contribution in [2.75, 3.05) is 29.9 Å². The molecular formula is C21H38N2. The number of rotatable bonds is 13. The van der Waals surface area contributed by atoms with Crippen molar-refractivity contribution < 1.29 is 0 Å². The highest BCUT2D eigenvalue weighted by atomic mass is 15.1. The second-order valence-corrected chi connectivity index (χ2v) is 6.58. The van der Waals surface area contributed by atoms with Crippen LogP contribution in [0, 0.1) is 6.92 Å². The monoisotopic (exact) mass is 318 g/mol. The Morgan fingerprint density at radius 3 is 2.00 bits per heavy atom. The Morgan fingerprint density at radius 1 is 0.826 bits per heavy atom. The summed E-state index contributed by atoms with van der Waals surface area (Å²) in [5.41, 5.74) is 4.00. The van der Waals surface area contributed by atoms with Gasteiger partial charge in [0.1, 0.15) is 0 Å². The van der Waals surface area contributed by atoms with Crippen molar-refractivity contribution in [3.63, 3.8) is 0 Å². The Morgan fingerprint density at radius 2 is 1.43 bits per heavy atom. The summed E-state index contributed by atoms with van der Waals surface area (Å²) in [5.74, 6) is 0. The number of unbranched alkanes of at least 4 members (excludes halogenated alkanes) is 7. The predicted octanol–water partition coefficient (Wildman–Crippen LogP) is 6.39. The maximum Gasteiger partial charge on any atom is 0.0397 e. The first-order chi connectivity index (χ1) is 11.2. The number of anilines is 2. The number of hydrogen-bond donors (Lipinski definition) is 1. The van der Waals surface area contributed by atoms with Crippen LogP contribution in [0.3, 0.4) is 0 Å². The summed E-state index contributed by atoms with van der Waals surface area (Å²) in [6.07, 6.45) is 11.0. The van der Waals surface area contributed by atoms with Crippen molar-refractivity contribution in [1.82, 2.24) is 0 Å². The summed E-state index contributed by atoms with van der Waals surface area (Å²) in [7, 11) is 0. The van der Waals surface area contributed by atoms with E-state index in [9.17, 15) is 0 Å². The van der Waals surface area contributed by atoms with Crippen molar-refractivity contribution >= 4 is 11.4 Å². The minimum absolute atomic E-state index is 1.07. The number of benzene rings is 1. The lowest BCUT2D eigenvalue weighted by Crippen LogP contribution is -2.22. The third-order valence-electron chi connectivity index (χ3n) is 4.66. The highest BCUT2D eigenvalue weighted by Crippen LogP contribution is 2.23. The topological polar surface area (TPSA) is 15.3 Å². The summed E-state index contributed by atoms with van der Waals surface area (Å²) in [6.45, 7) is 12.2. The molecular weight excluding hydrogens is 280 g/mol. The quantitative estimate of drug-likeness (QED) is 0.424. The summed E-state index contributed by atoms with van der Waals surface area (Å²) < 4.78 is 0. The lowest BCUT2D eigenvalue weighted by molar-refractivity contribution is 0.581. The van der Waals surface area contributed by atoms with Gasteiger partial charge in [-0.25, -0.2) is 0 Å². The van der Waals surface area contributed by atoms with Crippen molar-refractivity contribution in [3.05, 3.63) is 23.8 Å². The Balaban J connectivity index is 2.22. The SMILES string of the molecule is CCCCCCCCCCNc1ccc(N(CC)CC)c(C)c1. The van der Waals surface area contributed by atoms with E-state index in [2.05, 4.69) is 56.1 Å². The first kappa shape index (κ1) is 19.9. The number of hydrogen-bond acceptors (Lipinski definition) is 2. The van der Waals surface area contributed by atoms with E-state index in [0.717, 1.165) is 19.6 Å². The molecule has 0 aliphatic rings. The normalized spacial score (nSPS) is 10.8. The highest BCUT2D eigenvalue weighted by molar-refractivity contribution is 5.60. The van der Waals surface area contributed by atoms with E-state index in [1.807, 2.05) is 0 Å². The van der Waals surface area contributed by atoms with Crippen LogP contribution < -0.4 is 10.2 Å². The third kappa shape index (κ3) is 7.76. The largest absolute Gasteiger partial charge is 0.385 e. The van der Waals surface area contributed by atoms with Gasteiger partial charge in [0.25, 0.3) is 0 Å². The van der Waals surface area contributed by atoms with Crippen LogP contribution in [0.5, 0.6) is 0 Å². The molecule has 2 nitrogen and oxygen atoms in total. The molecule has 0 saturated heterocycles. The molecule has 0 aromatic heterocycles. The minimum Gasteiger partial charge on any atom is -0.385 e. The fourth-order valence-electron chi connectivity index (χ4n) is 3.18. The molecule has 1 rings (SSSR count). The van der Waals surface area contributed by atoms with Gasteiger partial charge in [-0.15, -0.1) is 0 Å². The second-order valence-electron chi connectivity index (χ2n) is 6.58. The van der Waals surface area contributed by atoms with Gasteiger partial charge in [-0.1, -0.05) is 51.9 Å². The maximum atomic E-state index is 3.58. The van der Waals surface area contributed by atoms with Crippen LogP contribution in [0.4, 0.5) is 11.4 Å². The summed E-state index contributed by atoms with van der Waals surface area (Å²) in [4.78, 5) is 2.41. The molecule has 0 fully saturated rings. The summed E-state index contributed by atoms with van der Waals surface area (Å²) >= 11 is 0. The van der Waals surface area contributed by atoms with Crippen LogP contribution >= 0.6 is 0 Å². The molecule has 0 atom stereocenters. The molecule has 132 valence electrons. The van der Waals surface area contributed by atoms with E-state index in [0.29, 0.717) is 0 Å².